The summed E-state index contributed by atoms with van der Waals surface area (Å²) in [6, 6.07) is 6.02. The molecular weight excluding hydrogens is 296 g/mol. The quantitative estimate of drug-likeness (QED) is 0.935. The molecule has 0 saturated carbocycles. The number of halogens is 1. The van der Waals surface area contributed by atoms with E-state index >= 15 is 0 Å². The van der Waals surface area contributed by atoms with E-state index in [-0.39, 0.29) is 6.54 Å². The zero-order valence-electron chi connectivity index (χ0n) is 10.4. The predicted molar refractivity (Wildman–Crippen MR) is 72.7 cm³/mol. The first kappa shape index (κ1) is 13.2. The fourth-order valence-electron chi connectivity index (χ4n) is 1.61. The monoisotopic (exact) mass is 310 g/mol. The molecule has 0 saturated heterocycles. The van der Waals surface area contributed by atoms with Crippen LogP contribution in [0.15, 0.2) is 27.2 Å². The highest BCUT2D eigenvalue weighted by atomic mass is 79.9. The smallest absolute Gasteiger partial charge is 0.240 e. The van der Waals surface area contributed by atoms with Crippen LogP contribution >= 0.6 is 15.9 Å². The fraction of sp³-hybridized carbons (Fsp3) is 0.333. The Morgan fingerprint density at radius 3 is 2.72 bits per heavy atom. The highest BCUT2D eigenvalue weighted by Crippen LogP contribution is 2.24. The molecule has 1 aromatic carbocycles. The molecule has 1 aromatic heterocycles. The summed E-state index contributed by atoms with van der Waals surface area (Å²) in [6.07, 6.45) is 0. The summed E-state index contributed by atoms with van der Waals surface area (Å²) in [5.74, 6) is 1.01. The lowest BCUT2D eigenvalue weighted by atomic mass is 10.1. The van der Waals surface area contributed by atoms with Crippen LogP contribution in [0.4, 0.5) is 0 Å². The number of nitrogens with two attached hydrogens (primary N) is 1. The molecule has 18 heavy (non-hydrogen) atoms. The minimum absolute atomic E-state index is 0.257. The fourth-order valence-corrected chi connectivity index (χ4v) is 2.11. The second kappa shape index (κ2) is 5.60. The van der Waals surface area contributed by atoms with Crippen LogP contribution in [-0.4, -0.2) is 29.1 Å². The summed E-state index contributed by atoms with van der Waals surface area (Å²) in [5, 5.41) is 3.89. The minimum atomic E-state index is 0.257. The highest BCUT2D eigenvalue weighted by Gasteiger charge is 2.09. The van der Waals surface area contributed by atoms with Gasteiger partial charge in [-0.3, -0.25) is 0 Å². The second-order valence-electron chi connectivity index (χ2n) is 4.26. The first-order valence-corrected chi connectivity index (χ1v) is 6.35. The van der Waals surface area contributed by atoms with Crippen LogP contribution in [0.1, 0.15) is 11.5 Å². The summed E-state index contributed by atoms with van der Waals surface area (Å²) in [4.78, 5) is 6.31. The third-order valence-corrected chi connectivity index (χ3v) is 3.18. The lowest BCUT2D eigenvalue weighted by molar-refractivity contribution is 0.380. The van der Waals surface area contributed by atoms with Crippen molar-refractivity contribution in [1.82, 2.24) is 15.0 Å². The summed E-state index contributed by atoms with van der Waals surface area (Å²) in [5.41, 5.74) is 7.56. The average Bonchev–Trinajstić information content (AvgIpc) is 2.80. The minimum Gasteiger partial charge on any atom is -0.338 e. The van der Waals surface area contributed by atoms with Crippen molar-refractivity contribution in [3.8, 4) is 11.4 Å². The van der Waals surface area contributed by atoms with E-state index in [1.165, 1.54) is 5.56 Å². The zero-order chi connectivity index (χ0) is 13.1. The third kappa shape index (κ3) is 2.95. The van der Waals surface area contributed by atoms with E-state index in [0.29, 0.717) is 11.7 Å². The standard InChI is InChI=1S/C12H15BrN4O/c1-17(2)7-9-4-3-8(5-10(9)13)12-15-11(6-14)18-16-12/h3-5H,6-7,14H2,1-2H3. The van der Waals surface area contributed by atoms with Crippen LogP contribution < -0.4 is 5.73 Å². The first-order chi connectivity index (χ1) is 8.60. The molecule has 0 aliphatic rings. The number of hydrogen-bond donors (Lipinski definition) is 1. The van der Waals surface area contributed by atoms with Gasteiger partial charge in [0.05, 0.1) is 6.54 Å². The van der Waals surface area contributed by atoms with Gasteiger partial charge in [0.25, 0.3) is 0 Å². The van der Waals surface area contributed by atoms with E-state index in [9.17, 15) is 0 Å². The van der Waals surface area contributed by atoms with Crippen molar-refractivity contribution in [1.29, 1.82) is 0 Å². The van der Waals surface area contributed by atoms with E-state index < -0.39 is 0 Å². The SMILES string of the molecule is CN(C)Cc1ccc(-c2noc(CN)n2)cc1Br. The molecule has 0 radical (unpaired) electrons. The maximum Gasteiger partial charge on any atom is 0.240 e. The van der Waals surface area contributed by atoms with Gasteiger partial charge >= 0.3 is 0 Å². The molecule has 6 heteroatoms. The number of hydrogen-bond acceptors (Lipinski definition) is 5. The number of rotatable bonds is 4. The van der Waals surface area contributed by atoms with E-state index in [1.54, 1.807) is 0 Å². The van der Waals surface area contributed by atoms with Crippen LogP contribution in [0.5, 0.6) is 0 Å². The molecular formula is C12H15BrN4O. The highest BCUT2D eigenvalue weighted by molar-refractivity contribution is 9.10. The van der Waals surface area contributed by atoms with Gasteiger partial charge in [0.2, 0.25) is 11.7 Å². The molecule has 2 rings (SSSR count). The average molecular weight is 311 g/mol. The van der Waals surface area contributed by atoms with Crippen LogP contribution in [-0.2, 0) is 13.1 Å². The van der Waals surface area contributed by atoms with Gasteiger partial charge in [0, 0.05) is 16.6 Å². The lowest BCUT2D eigenvalue weighted by Gasteiger charge is -2.11. The van der Waals surface area contributed by atoms with Gasteiger partial charge in [-0.1, -0.05) is 33.2 Å². The van der Waals surface area contributed by atoms with Gasteiger partial charge in [-0.2, -0.15) is 4.98 Å². The molecule has 0 unspecified atom stereocenters. The third-order valence-electron chi connectivity index (χ3n) is 2.44. The Balaban J connectivity index is 2.28. The Bertz CT molecular complexity index is 539. The number of aromatic nitrogens is 2. The molecule has 2 aromatic rings. The molecule has 0 bridgehead atoms. The molecule has 5 nitrogen and oxygen atoms in total. The zero-order valence-corrected chi connectivity index (χ0v) is 11.9. The summed E-state index contributed by atoms with van der Waals surface area (Å²) < 4.78 is 6.03. The molecule has 2 N–H and O–H groups in total. The van der Waals surface area contributed by atoms with Crippen LogP contribution in [0.3, 0.4) is 0 Å². The van der Waals surface area contributed by atoms with E-state index in [2.05, 4.69) is 37.0 Å². The normalized spacial score (nSPS) is 11.2. The van der Waals surface area contributed by atoms with Gasteiger partial charge in [-0.05, 0) is 25.7 Å². The predicted octanol–water partition coefficient (Wildman–Crippen LogP) is 2.02. The molecule has 0 atom stereocenters. The Kier molecular flexibility index (Phi) is 4.11. The Morgan fingerprint density at radius 1 is 1.39 bits per heavy atom. The molecule has 0 spiro atoms. The number of benzene rings is 1. The lowest BCUT2D eigenvalue weighted by Crippen LogP contribution is -2.11. The Labute approximate surface area is 114 Å². The summed E-state index contributed by atoms with van der Waals surface area (Å²) >= 11 is 3.56. The van der Waals surface area contributed by atoms with Crippen molar-refractivity contribution in [2.75, 3.05) is 14.1 Å². The van der Waals surface area contributed by atoms with Crippen molar-refractivity contribution in [3.05, 3.63) is 34.1 Å². The molecule has 0 aliphatic carbocycles. The van der Waals surface area contributed by atoms with Crippen LogP contribution in [0.2, 0.25) is 0 Å². The topological polar surface area (TPSA) is 68.2 Å². The molecule has 0 amide bonds. The Morgan fingerprint density at radius 2 is 2.17 bits per heavy atom. The van der Waals surface area contributed by atoms with Gasteiger partial charge < -0.3 is 15.2 Å². The van der Waals surface area contributed by atoms with Crippen LogP contribution in [0.25, 0.3) is 11.4 Å². The van der Waals surface area contributed by atoms with Crippen molar-refractivity contribution in [2.24, 2.45) is 5.73 Å². The van der Waals surface area contributed by atoms with Crippen LogP contribution in [0, 0.1) is 0 Å². The van der Waals surface area contributed by atoms with E-state index in [1.807, 2.05) is 26.2 Å². The molecule has 1 heterocycles. The first-order valence-electron chi connectivity index (χ1n) is 5.56. The molecule has 96 valence electrons. The molecule has 0 fully saturated rings. The maximum absolute atomic E-state index is 5.44. The van der Waals surface area contributed by atoms with Crippen molar-refractivity contribution in [3.63, 3.8) is 0 Å². The van der Waals surface area contributed by atoms with Crippen molar-refractivity contribution in [2.45, 2.75) is 13.1 Å². The van der Waals surface area contributed by atoms with Crippen molar-refractivity contribution < 1.29 is 4.52 Å². The van der Waals surface area contributed by atoms with Crippen molar-refractivity contribution >= 4 is 15.9 Å². The summed E-state index contributed by atoms with van der Waals surface area (Å²) in [6.45, 7) is 1.13. The van der Waals surface area contributed by atoms with Gasteiger partial charge in [0.1, 0.15) is 0 Å². The maximum atomic E-state index is 5.44. The van der Waals surface area contributed by atoms with E-state index in [0.717, 1.165) is 16.6 Å². The van der Waals surface area contributed by atoms with Gasteiger partial charge in [-0.25, -0.2) is 0 Å². The van der Waals surface area contributed by atoms with Gasteiger partial charge in [0.15, 0.2) is 0 Å². The Hall–Kier alpha value is -1.24. The van der Waals surface area contributed by atoms with Gasteiger partial charge in [-0.15, -0.1) is 0 Å². The largest absolute Gasteiger partial charge is 0.338 e. The summed E-state index contributed by atoms with van der Waals surface area (Å²) in [7, 11) is 4.07. The second-order valence-corrected chi connectivity index (χ2v) is 5.11. The molecule has 0 aliphatic heterocycles. The number of nitrogens with zero attached hydrogens (tertiary/aromatic N) is 3. The van der Waals surface area contributed by atoms with E-state index in [4.69, 9.17) is 10.3 Å².